The van der Waals surface area contributed by atoms with E-state index in [1.807, 2.05) is 4.72 Å². The van der Waals surface area contributed by atoms with Gasteiger partial charge in [0.25, 0.3) is 9.24 Å². The molecule has 0 spiro atoms. The Balaban J connectivity index is 3.42. The van der Waals surface area contributed by atoms with Gasteiger partial charge in [-0.25, -0.2) is 4.72 Å². The van der Waals surface area contributed by atoms with Crippen molar-refractivity contribution in [2.24, 2.45) is 0 Å². The van der Waals surface area contributed by atoms with Gasteiger partial charge in [-0.15, -0.1) is 11.6 Å². The summed E-state index contributed by atoms with van der Waals surface area (Å²) in [5, 5.41) is 0. The lowest BCUT2D eigenvalue weighted by atomic mass is 10.8. The van der Waals surface area contributed by atoms with Gasteiger partial charge in [-0.1, -0.05) is 0 Å². The molecule has 0 aliphatic carbocycles. The molecule has 0 aliphatic heterocycles. The fourth-order valence-electron chi connectivity index (χ4n) is 0.160. The molecule has 3 nitrogen and oxygen atoms in total. The highest BCUT2D eigenvalue weighted by atomic mass is 35.7. The molecule has 50 valence electrons. The topological polar surface area (TPSA) is 46.2 Å². The van der Waals surface area contributed by atoms with Crippen molar-refractivity contribution < 1.29 is 8.42 Å². The van der Waals surface area contributed by atoms with Gasteiger partial charge in [-0.3, -0.25) is 0 Å². The van der Waals surface area contributed by atoms with Crippen LogP contribution in [0.25, 0.3) is 0 Å². The van der Waals surface area contributed by atoms with E-state index in [9.17, 15) is 8.42 Å². The van der Waals surface area contributed by atoms with E-state index in [0.717, 1.165) is 0 Å². The molecule has 8 heavy (non-hydrogen) atoms. The molecule has 0 atom stereocenters. The molecule has 0 heterocycles. The van der Waals surface area contributed by atoms with Gasteiger partial charge < -0.3 is 0 Å². The van der Waals surface area contributed by atoms with Crippen LogP contribution in [0.4, 0.5) is 0 Å². The van der Waals surface area contributed by atoms with Gasteiger partial charge in [0.1, 0.15) is 0 Å². The first-order chi connectivity index (χ1) is 3.56. The first kappa shape index (κ1) is 8.49. The van der Waals surface area contributed by atoms with Gasteiger partial charge in [0, 0.05) is 23.1 Å². The van der Waals surface area contributed by atoms with Crippen molar-refractivity contribution in [2.75, 3.05) is 12.4 Å². The molecular formula is C2H5Cl2NO2S. The Kier molecular flexibility index (Phi) is 3.72. The van der Waals surface area contributed by atoms with Crippen molar-refractivity contribution in [3.8, 4) is 0 Å². The molecule has 0 amide bonds. The Morgan fingerprint density at radius 1 is 1.50 bits per heavy atom. The van der Waals surface area contributed by atoms with Gasteiger partial charge in [0.05, 0.1) is 0 Å². The largest absolute Gasteiger partial charge is 0.297 e. The Hall–Kier alpha value is 0.490. The quantitative estimate of drug-likeness (QED) is 0.499. The van der Waals surface area contributed by atoms with Crippen LogP contribution in [0, 0.1) is 0 Å². The van der Waals surface area contributed by atoms with Crippen LogP contribution in [-0.2, 0) is 9.24 Å². The number of nitrogens with one attached hydrogen (secondary N) is 1. The molecule has 0 saturated heterocycles. The van der Waals surface area contributed by atoms with Crippen LogP contribution in [0.5, 0.6) is 0 Å². The molecule has 0 aromatic rings. The molecule has 1 N–H and O–H groups in total. The smallest absolute Gasteiger partial charge is 0.201 e. The first-order valence-corrected chi connectivity index (χ1v) is 4.66. The zero-order valence-corrected chi connectivity index (χ0v) is 6.22. The van der Waals surface area contributed by atoms with E-state index >= 15 is 0 Å². The molecule has 0 radical (unpaired) electrons. The van der Waals surface area contributed by atoms with Crippen LogP contribution in [0.15, 0.2) is 0 Å². The fraction of sp³-hybridized carbons (Fsp3) is 1.00. The molecule has 0 aromatic heterocycles. The number of rotatable bonds is 3. The summed E-state index contributed by atoms with van der Waals surface area (Å²) in [6, 6.07) is 0. The minimum Gasteiger partial charge on any atom is -0.201 e. The molecule has 0 rings (SSSR count). The predicted molar refractivity (Wildman–Crippen MR) is 33.5 cm³/mol. The summed E-state index contributed by atoms with van der Waals surface area (Å²) in [6.45, 7) is 0.174. The maximum Gasteiger partial charge on any atom is 0.297 e. The number of halogens is 2. The highest BCUT2D eigenvalue weighted by Crippen LogP contribution is 1.87. The van der Waals surface area contributed by atoms with E-state index in [-0.39, 0.29) is 12.4 Å². The lowest BCUT2D eigenvalue weighted by Gasteiger charge is -1.91. The van der Waals surface area contributed by atoms with E-state index in [0.29, 0.717) is 0 Å². The maximum absolute atomic E-state index is 9.99. The van der Waals surface area contributed by atoms with Crippen molar-refractivity contribution in [1.29, 1.82) is 0 Å². The van der Waals surface area contributed by atoms with Gasteiger partial charge in [0.15, 0.2) is 0 Å². The van der Waals surface area contributed by atoms with Crippen molar-refractivity contribution in [3.63, 3.8) is 0 Å². The van der Waals surface area contributed by atoms with Crippen LogP contribution in [0.3, 0.4) is 0 Å². The van der Waals surface area contributed by atoms with Crippen LogP contribution >= 0.6 is 22.3 Å². The summed E-state index contributed by atoms with van der Waals surface area (Å²) in [7, 11) is 1.17. The lowest BCUT2D eigenvalue weighted by molar-refractivity contribution is 0.598. The van der Waals surface area contributed by atoms with Crippen LogP contribution in [0.1, 0.15) is 0 Å². The summed E-state index contributed by atoms with van der Waals surface area (Å²) in [4.78, 5) is 0. The monoisotopic (exact) mass is 177 g/mol. The molecular weight excluding hydrogens is 173 g/mol. The van der Waals surface area contributed by atoms with Gasteiger partial charge in [-0.05, 0) is 0 Å². The maximum atomic E-state index is 9.99. The highest BCUT2D eigenvalue weighted by molar-refractivity contribution is 8.12. The van der Waals surface area contributed by atoms with Crippen molar-refractivity contribution in [3.05, 3.63) is 0 Å². The van der Waals surface area contributed by atoms with E-state index in [4.69, 9.17) is 22.3 Å². The molecule has 0 bridgehead atoms. The van der Waals surface area contributed by atoms with Gasteiger partial charge in [-0.2, -0.15) is 8.42 Å². The number of hydrogen-bond donors (Lipinski definition) is 1. The lowest BCUT2D eigenvalue weighted by Crippen LogP contribution is -2.19. The third-order valence-electron chi connectivity index (χ3n) is 0.369. The van der Waals surface area contributed by atoms with E-state index in [1.54, 1.807) is 0 Å². The molecule has 0 saturated carbocycles. The predicted octanol–water partition coefficient (Wildman–Crippen LogP) is 0.298. The second kappa shape index (κ2) is 3.50. The minimum atomic E-state index is -3.55. The Labute approximate surface area is 57.5 Å². The van der Waals surface area contributed by atoms with E-state index in [2.05, 4.69) is 0 Å². The zero-order chi connectivity index (χ0) is 6.62. The van der Waals surface area contributed by atoms with Gasteiger partial charge >= 0.3 is 0 Å². The minimum absolute atomic E-state index is 0.174. The van der Waals surface area contributed by atoms with Crippen LogP contribution in [-0.4, -0.2) is 20.8 Å². The second-order valence-corrected chi connectivity index (χ2v) is 3.78. The highest BCUT2D eigenvalue weighted by Gasteiger charge is 1.99. The third kappa shape index (κ3) is 6.49. The van der Waals surface area contributed by atoms with Crippen molar-refractivity contribution in [1.82, 2.24) is 4.72 Å². The summed E-state index contributed by atoms with van der Waals surface area (Å²) in [6.07, 6.45) is 0. The molecule has 0 fully saturated rings. The zero-order valence-electron chi connectivity index (χ0n) is 3.89. The Morgan fingerprint density at radius 3 is 2.12 bits per heavy atom. The number of hydrogen-bond acceptors (Lipinski definition) is 2. The average molecular weight is 178 g/mol. The first-order valence-electron chi connectivity index (χ1n) is 1.81. The SMILES string of the molecule is O=S(=O)(Cl)NCCCl. The van der Waals surface area contributed by atoms with E-state index < -0.39 is 9.24 Å². The van der Waals surface area contributed by atoms with Crippen LogP contribution < -0.4 is 4.72 Å². The Bertz CT molecular complexity index is 142. The molecule has 0 unspecified atom stereocenters. The average Bonchev–Trinajstić information content (AvgIpc) is 1.59. The molecule has 0 aromatic carbocycles. The third-order valence-corrected chi connectivity index (χ3v) is 1.43. The summed E-state index contributed by atoms with van der Waals surface area (Å²) < 4.78 is 21.9. The second-order valence-electron chi connectivity index (χ2n) is 1.02. The normalized spacial score (nSPS) is 11.8. The standard InChI is InChI=1S/C2H5Cl2NO2S/c3-1-2-5-8(4,6)7/h5H,1-2H2. The molecule has 6 heteroatoms. The summed E-state index contributed by atoms with van der Waals surface area (Å²) >= 11 is 5.12. The van der Waals surface area contributed by atoms with Crippen molar-refractivity contribution in [2.45, 2.75) is 0 Å². The Morgan fingerprint density at radius 2 is 2.00 bits per heavy atom. The number of alkyl halides is 1. The van der Waals surface area contributed by atoms with E-state index in [1.165, 1.54) is 0 Å². The van der Waals surface area contributed by atoms with Gasteiger partial charge in [0.2, 0.25) is 0 Å². The summed E-state index contributed by atoms with van der Waals surface area (Å²) in [5.74, 6) is 0.228. The fourth-order valence-corrected chi connectivity index (χ4v) is 0.944. The van der Waals surface area contributed by atoms with Crippen molar-refractivity contribution >= 4 is 31.5 Å². The summed E-state index contributed by atoms with van der Waals surface area (Å²) in [5.41, 5.74) is 0. The van der Waals surface area contributed by atoms with Crippen LogP contribution in [0.2, 0.25) is 0 Å². The molecule has 0 aliphatic rings.